The number of hydrogen-bond acceptors (Lipinski definition) is 4. The molecule has 2 rings (SSSR count). The highest BCUT2D eigenvalue weighted by Crippen LogP contribution is 2.27. The summed E-state index contributed by atoms with van der Waals surface area (Å²) in [7, 11) is 0. The summed E-state index contributed by atoms with van der Waals surface area (Å²) in [5.41, 5.74) is 0.263. The number of Topliss-reactive ketones (excluding diaryl/α,β-unsaturated/α-hetero) is 1. The van der Waals surface area contributed by atoms with Crippen LogP contribution in [0, 0.1) is 10.1 Å². The van der Waals surface area contributed by atoms with Crippen molar-refractivity contribution in [3.8, 4) is 5.75 Å². The molecule has 0 aliphatic carbocycles. The molecule has 0 aliphatic rings. The molecule has 0 saturated heterocycles. The molecule has 0 heterocycles. The van der Waals surface area contributed by atoms with Gasteiger partial charge in [-0.1, -0.05) is 23.7 Å². The Morgan fingerprint density at radius 2 is 1.81 bits per heavy atom. The summed E-state index contributed by atoms with van der Waals surface area (Å²) in [4.78, 5) is 22.6. The topological polar surface area (TPSA) is 69.4 Å². The molecule has 0 aromatic heterocycles. The maximum Gasteiger partial charge on any atom is 0.310 e. The number of rotatable bonds is 5. The van der Waals surface area contributed by atoms with E-state index in [9.17, 15) is 14.9 Å². The molecule has 0 aliphatic heterocycles. The largest absolute Gasteiger partial charge is 0.475 e. The second kappa shape index (κ2) is 6.37. The van der Waals surface area contributed by atoms with Gasteiger partial charge in [0.2, 0.25) is 5.78 Å². The third kappa shape index (κ3) is 3.58. The number of carbonyl (C=O) groups excluding carboxylic acids is 1. The maximum absolute atomic E-state index is 12.2. The van der Waals surface area contributed by atoms with E-state index in [2.05, 4.69) is 0 Å². The molecule has 0 bridgehead atoms. The Kier molecular flexibility index (Phi) is 4.55. The number of carbonyl (C=O) groups is 1. The highest BCUT2D eigenvalue weighted by atomic mass is 35.5. The minimum absolute atomic E-state index is 0.0670. The molecule has 2 aromatic carbocycles. The molecule has 0 amide bonds. The molecule has 0 unspecified atom stereocenters. The van der Waals surface area contributed by atoms with Crippen LogP contribution in [-0.4, -0.2) is 16.8 Å². The molecule has 5 nitrogen and oxygen atoms in total. The third-order valence-electron chi connectivity index (χ3n) is 2.86. The van der Waals surface area contributed by atoms with Crippen molar-refractivity contribution >= 4 is 23.1 Å². The first-order valence-electron chi connectivity index (χ1n) is 6.19. The maximum atomic E-state index is 12.2. The van der Waals surface area contributed by atoms with Crippen molar-refractivity contribution in [2.24, 2.45) is 0 Å². The van der Waals surface area contributed by atoms with Gasteiger partial charge >= 0.3 is 5.69 Å². The molecule has 2 aromatic rings. The summed E-state index contributed by atoms with van der Waals surface area (Å²) in [6.45, 7) is 1.55. The summed E-state index contributed by atoms with van der Waals surface area (Å²) in [6.07, 6.45) is -0.840. The number of ether oxygens (including phenoxy) is 1. The number of halogens is 1. The predicted octanol–water partition coefficient (Wildman–Crippen LogP) is 3.90. The molecule has 21 heavy (non-hydrogen) atoms. The lowest BCUT2D eigenvalue weighted by molar-refractivity contribution is -0.386. The van der Waals surface area contributed by atoms with Crippen LogP contribution in [0.15, 0.2) is 48.5 Å². The van der Waals surface area contributed by atoms with E-state index in [1.165, 1.54) is 18.2 Å². The minimum Gasteiger partial charge on any atom is -0.475 e. The van der Waals surface area contributed by atoms with Crippen LogP contribution in [0.2, 0.25) is 5.02 Å². The Labute approximate surface area is 126 Å². The Morgan fingerprint density at radius 1 is 1.19 bits per heavy atom. The van der Waals surface area contributed by atoms with E-state index in [0.717, 1.165) is 0 Å². The van der Waals surface area contributed by atoms with Gasteiger partial charge in [-0.3, -0.25) is 14.9 Å². The normalized spacial score (nSPS) is 11.7. The average molecular weight is 306 g/mol. The number of ketones is 1. The standard InChI is InChI=1S/C15H12ClNO4/c1-10(15(18)11-6-8-12(16)9-7-11)21-14-5-3-2-4-13(14)17(19)20/h2-10H,1H3/t10-/m0/s1. The summed E-state index contributed by atoms with van der Waals surface area (Å²) in [6, 6.07) is 12.3. The molecular weight excluding hydrogens is 294 g/mol. The highest BCUT2D eigenvalue weighted by Gasteiger charge is 2.21. The van der Waals surface area contributed by atoms with Gasteiger partial charge in [0.15, 0.2) is 11.9 Å². The van der Waals surface area contributed by atoms with Crippen LogP contribution in [0.25, 0.3) is 0 Å². The van der Waals surface area contributed by atoms with Gasteiger partial charge in [0.05, 0.1) is 4.92 Å². The van der Waals surface area contributed by atoms with Gasteiger partial charge in [-0.2, -0.15) is 0 Å². The van der Waals surface area contributed by atoms with Crippen LogP contribution in [0.5, 0.6) is 5.75 Å². The van der Waals surface area contributed by atoms with E-state index in [0.29, 0.717) is 10.6 Å². The quantitative estimate of drug-likeness (QED) is 0.477. The minimum atomic E-state index is -0.840. The Morgan fingerprint density at radius 3 is 2.43 bits per heavy atom. The fraction of sp³-hybridized carbons (Fsp3) is 0.133. The lowest BCUT2D eigenvalue weighted by Gasteiger charge is -2.13. The molecule has 108 valence electrons. The van der Waals surface area contributed by atoms with Gasteiger partial charge in [-0.05, 0) is 37.3 Å². The van der Waals surface area contributed by atoms with Gasteiger partial charge < -0.3 is 4.74 Å². The fourth-order valence-corrected chi connectivity index (χ4v) is 1.93. The van der Waals surface area contributed by atoms with Crippen molar-refractivity contribution < 1.29 is 14.5 Å². The lowest BCUT2D eigenvalue weighted by atomic mass is 10.1. The third-order valence-corrected chi connectivity index (χ3v) is 3.12. The molecule has 0 saturated carbocycles. The first-order chi connectivity index (χ1) is 9.99. The molecular formula is C15H12ClNO4. The van der Waals surface area contributed by atoms with Crippen LogP contribution in [-0.2, 0) is 0 Å². The highest BCUT2D eigenvalue weighted by molar-refractivity contribution is 6.30. The first kappa shape index (κ1) is 15.0. The van der Waals surface area contributed by atoms with Crippen LogP contribution >= 0.6 is 11.6 Å². The molecule has 1 atom stereocenters. The van der Waals surface area contributed by atoms with Crippen LogP contribution in [0.3, 0.4) is 0 Å². The van der Waals surface area contributed by atoms with E-state index in [1.54, 1.807) is 37.3 Å². The SMILES string of the molecule is C[C@H](Oc1ccccc1[N+](=O)[O-])C(=O)c1ccc(Cl)cc1. The molecule has 0 radical (unpaired) electrons. The van der Waals surface area contributed by atoms with Crippen molar-refractivity contribution in [1.29, 1.82) is 0 Å². The second-order valence-corrected chi connectivity index (χ2v) is 4.79. The number of nitrogens with zero attached hydrogens (tertiary/aromatic N) is 1. The van der Waals surface area contributed by atoms with Gasteiger partial charge in [0, 0.05) is 16.7 Å². The van der Waals surface area contributed by atoms with Crippen LogP contribution in [0.1, 0.15) is 17.3 Å². The van der Waals surface area contributed by atoms with E-state index in [4.69, 9.17) is 16.3 Å². The van der Waals surface area contributed by atoms with Crippen LogP contribution in [0.4, 0.5) is 5.69 Å². The van der Waals surface area contributed by atoms with E-state index < -0.39 is 11.0 Å². The van der Waals surface area contributed by atoms with E-state index in [-0.39, 0.29) is 17.2 Å². The zero-order chi connectivity index (χ0) is 15.4. The number of benzene rings is 2. The average Bonchev–Trinajstić information content (AvgIpc) is 2.47. The predicted molar refractivity (Wildman–Crippen MR) is 79.0 cm³/mol. The summed E-state index contributed by atoms with van der Waals surface area (Å²) in [5, 5.41) is 11.4. The fourth-order valence-electron chi connectivity index (χ4n) is 1.80. The molecule has 0 spiro atoms. The zero-order valence-corrected chi connectivity index (χ0v) is 11.9. The second-order valence-electron chi connectivity index (χ2n) is 4.36. The number of hydrogen-bond donors (Lipinski definition) is 0. The Hall–Kier alpha value is -2.40. The van der Waals surface area contributed by atoms with Gasteiger partial charge in [0.1, 0.15) is 0 Å². The van der Waals surface area contributed by atoms with E-state index >= 15 is 0 Å². The van der Waals surface area contributed by atoms with Crippen molar-refractivity contribution in [3.63, 3.8) is 0 Å². The smallest absolute Gasteiger partial charge is 0.310 e. The molecule has 0 N–H and O–H groups in total. The van der Waals surface area contributed by atoms with Crippen molar-refractivity contribution in [2.45, 2.75) is 13.0 Å². The van der Waals surface area contributed by atoms with Crippen molar-refractivity contribution in [3.05, 3.63) is 69.2 Å². The lowest BCUT2D eigenvalue weighted by Crippen LogP contribution is -2.24. The first-order valence-corrected chi connectivity index (χ1v) is 6.56. The Balaban J connectivity index is 2.18. The summed E-state index contributed by atoms with van der Waals surface area (Å²) in [5.74, 6) is -0.206. The van der Waals surface area contributed by atoms with Gasteiger partial charge in [-0.15, -0.1) is 0 Å². The number of nitro benzene ring substituents is 1. The summed E-state index contributed by atoms with van der Waals surface area (Å²) < 4.78 is 5.43. The van der Waals surface area contributed by atoms with Crippen molar-refractivity contribution in [2.75, 3.05) is 0 Å². The van der Waals surface area contributed by atoms with E-state index in [1.807, 2.05) is 0 Å². The summed E-state index contributed by atoms with van der Waals surface area (Å²) >= 11 is 5.76. The Bertz CT molecular complexity index is 670. The molecule has 0 fully saturated rings. The zero-order valence-electron chi connectivity index (χ0n) is 11.2. The number of para-hydroxylation sites is 2. The van der Waals surface area contributed by atoms with Crippen LogP contribution < -0.4 is 4.74 Å². The monoisotopic (exact) mass is 305 g/mol. The van der Waals surface area contributed by atoms with Crippen molar-refractivity contribution in [1.82, 2.24) is 0 Å². The number of nitro groups is 1. The van der Waals surface area contributed by atoms with Gasteiger partial charge in [-0.25, -0.2) is 0 Å². The van der Waals surface area contributed by atoms with Gasteiger partial charge in [0.25, 0.3) is 0 Å². The molecule has 6 heteroatoms.